The van der Waals surface area contributed by atoms with E-state index in [1.807, 2.05) is 20.8 Å². The molecular formula is C13H26N2O3. The molecule has 0 saturated carbocycles. The van der Waals surface area contributed by atoms with Crippen molar-refractivity contribution in [1.29, 1.82) is 0 Å². The molecule has 0 unspecified atom stereocenters. The minimum atomic E-state index is -0.859. The zero-order valence-corrected chi connectivity index (χ0v) is 11.7. The Labute approximate surface area is 109 Å². The molecule has 1 saturated heterocycles. The molecule has 1 aliphatic heterocycles. The van der Waals surface area contributed by atoms with Crippen LogP contribution in [0.1, 0.15) is 40.0 Å². The van der Waals surface area contributed by atoms with E-state index in [0.29, 0.717) is 6.54 Å². The third-order valence-corrected chi connectivity index (χ3v) is 3.58. The lowest BCUT2D eigenvalue weighted by Gasteiger charge is -2.34. The van der Waals surface area contributed by atoms with Crippen molar-refractivity contribution in [3.05, 3.63) is 0 Å². The number of rotatable bonds is 5. The second kappa shape index (κ2) is 6.38. The average molecular weight is 258 g/mol. The summed E-state index contributed by atoms with van der Waals surface area (Å²) in [5.41, 5.74) is -0.354. The molecule has 0 aromatic heterocycles. The second-order valence-electron chi connectivity index (χ2n) is 5.97. The molecule has 1 rings (SSSR count). The molecule has 0 aromatic rings. The minimum absolute atomic E-state index is 0.210. The van der Waals surface area contributed by atoms with Crippen LogP contribution in [0.4, 0.5) is 4.79 Å². The standard InChI is InChI=1S/C13H26N2O3/c1-13(2,3)15(12(17)18)9-5-8-14-7-4-6-11(14)10-16/h11,16H,4-10H2,1-3H3,(H,17,18)/t11-/m1/s1. The smallest absolute Gasteiger partial charge is 0.407 e. The first-order chi connectivity index (χ1) is 8.36. The largest absolute Gasteiger partial charge is 0.465 e. The molecule has 5 heteroatoms. The van der Waals surface area contributed by atoms with Crippen LogP contribution < -0.4 is 0 Å². The molecule has 5 nitrogen and oxygen atoms in total. The van der Waals surface area contributed by atoms with Gasteiger partial charge in [0.2, 0.25) is 0 Å². The highest BCUT2D eigenvalue weighted by atomic mass is 16.4. The van der Waals surface area contributed by atoms with Gasteiger partial charge < -0.3 is 15.1 Å². The van der Waals surface area contributed by atoms with Gasteiger partial charge >= 0.3 is 6.09 Å². The van der Waals surface area contributed by atoms with Gasteiger partial charge in [0.25, 0.3) is 0 Å². The van der Waals surface area contributed by atoms with Crippen LogP contribution >= 0.6 is 0 Å². The first-order valence-electron chi connectivity index (χ1n) is 6.71. The normalized spacial score (nSPS) is 21.2. The van der Waals surface area contributed by atoms with Crippen molar-refractivity contribution in [3.63, 3.8) is 0 Å². The molecule has 1 aliphatic rings. The summed E-state index contributed by atoms with van der Waals surface area (Å²) in [4.78, 5) is 14.9. The Bertz CT molecular complexity index is 276. The number of nitrogens with zero attached hydrogens (tertiary/aromatic N) is 2. The van der Waals surface area contributed by atoms with Crippen molar-refractivity contribution in [2.45, 2.75) is 51.6 Å². The van der Waals surface area contributed by atoms with E-state index in [1.54, 1.807) is 0 Å². The van der Waals surface area contributed by atoms with Gasteiger partial charge in [-0.15, -0.1) is 0 Å². The maximum absolute atomic E-state index is 11.2. The van der Waals surface area contributed by atoms with Crippen LogP contribution in [0.3, 0.4) is 0 Å². The van der Waals surface area contributed by atoms with Gasteiger partial charge in [0, 0.05) is 24.7 Å². The van der Waals surface area contributed by atoms with Gasteiger partial charge in [0.1, 0.15) is 0 Å². The van der Waals surface area contributed by atoms with E-state index in [-0.39, 0.29) is 18.2 Å². The molecule has 0 aliphatic carbocycles. The summed E-state index contributed by atoms with van der Waals surface area (Å²) in [6.45, 7) is 8.38. The molecule has 0 spiro atoms. The van der Waals surface area contributed by atoms with Crippen LogP contribution in [0.2, 0.25) is 0 Å². The van der Waals surface area contributed by atoms with Crippen LogP contribution in [0.5, 0.6) is 0 Å². The summed E-state index contributed by atoms with van der Waals surface area (Å²) in [5.74, 6) is 0. The Hall–Kier alpha value is -0.810. The van der Waals surface area contributed by atoms with E-state index in [4.69, 9.17) is 0 Å². The highest BCUT2D eigenvalue weighted by Crippen LogP contribution is 2.18. The van der Waals surface area contributed by atoms with E-state index in [2.05, 4.69) is 4.90 Å². The quantitative estimate of drug-likeness (QED) is 0.786. The third kappa shape index (κ3) is 4.14. The molecule has 2 N–H and O–H groups in total. The van der Waals surface area contributed by atoms with Crippen molar-refractivity contribution >= 4 is 6.09 Å². The lowest BCUT2D eigenvalue weighted by atomic mass is 10.1. The van der Waals surface area contributed by atoms with E-state index >= 15 is 0 Å². The Balaban J connectivity index is 2.37. The van der Waals surface area contributed by atoms with E-state index in [0.717, 1.165) is 32.4 Å². The Morgan fingerprint density at radius 2 is 2.11 bits per heavy atom. The summed E-state index contributed by atoms with van der Waals surface area (Å²) in [6, 6.07) is 0.276. The predicted octanol–water partition coefficient (Wildman–Crippen LogP) is 1.61. The Morgan fingerprint density at radius 3 is 2.61 bits per heavy atom. The number of hydrogen-bond donors (Lipinski definition) is 2. The average Bonchev–Trinajstić information content (AvgIpc) is 2.69. The van der Waals surface area contributed by atoms with Crippen molar-refractivity contribution in [2.24, 2.45) is 0 Å². The molecule has 1 heterocycles. The van der Waals surface area contributed by atoms with Gasteiger partial charge in [0.05, 0.1) is 6.61 Å². The molecule has 0 aromatic carbocycles. The van der Waals surface area contributed by atoms with Crippen LogP contribution in [-0.2, 0) is 0 Å². The number of hydrogen-bond acceptors (Lipinski definition) is 3. The van der Waals surface area contributed by atoms with Gasteiger partial charge in [-0.3, -0.25) is 4.90 Å². The van der Waals surface area contributed by atoms with Gasteiger partial charge in [-0.25, -0.2) is 4.79 Å². The molecule has 106 valence electrons. The molecule has 0 bridgehead atoms. The monoisotopic (exact) mass is 258 g/mol. The van der Waals surface area contributed by atoms with E-state index in [1.165, 1.54) is 4.90 Å². The maximum atomic E-state index is 11.2. The van der Waals surface area contributed by atoms with Crippen molar-refractivity contribution < 1.29 is 15.0 Å². The van der Waals surface area contributed by atoms with Crippen LogP contribution in [0.25, 0.3) is 0 Å². The number of carbonyl (C=O) groups is 1. The number of amides is 1. The molecule has 18 heavy (non-hydrogen) atoms. The number of likely N-dealkylation sites (tertiary alicyclic amines) is 1. The fourth-order valence-corrected chi connectivity index (χ4v) is 2.55. The number of aliphatic hydroxyl groups excluding tert-OH is 1. The number of aliphatic hydroxyl groups is 1. The minimum Gasteiger partial charge on any atom is -0.465 e. The summed E-state index contributed by atoms with van der Waals surface area (Å²) in [7, 11) is 0. The van der Waals surface area contributed by atoms with Crippen LogP contribution in [-0.4, -0.2) is 63.9 Å². The Morgan fingerprint density at radius 1 is 1.44 bits per heavy atom. The maximum Gasteiger partial charge on any atom is 0.407 e. The molecule has 1 fully saturated rings. The molecule has 1 atom stereocenters. The zero-order valence-electron chi connectivity index (χ0n) is 11.7. The lowest BCUT2D eigenvalue weighted by molar-refractivity contribution is 0.0935. The highest BCUT2D eigenvalue weighted by Gasteiger charge is 2.27. The fraction of sp³-hybridized carbons (Fsp3) is 0.923. The number of carboxylic acid groups (broad SMARTS) is 1. The lowest BCUT2D eigenvalue weighted by Crippen LogP contribution is -2.46. The van der Waals surface area contributed by atoms with Crippen LogP contribution in [0.15, 0.2) is 0 Å². The van der Waals surface area contributed by atoms with Crippen molar-refractivity contribution in [2.75, 3.05) is 26.2 Å². The van der Waals surface area contributed by atoms with Crippen LogP contribution in [0, 0.1) is 0 Å². The van der Waals surface area contributed by atoms with E-state index < -0.39 is 6.09 Å². The topological polar surface area (TPSA) is 64.0 Å². The van der Waals surface area contributed by atoms with Gasteiger partial charge in [-0.1, -0.05) is 0 Å². The SMILES string of the molecule is CC(C)(C)N(CCCN1CCC[C@@H]1CO)C(=O)O. The van der Waals surface area contributed by atoms with Crippen molar-refractivity contribution in [1.82, 2.24) is 9.80 Å². The second-order valence-corrected chi connectivity index (χ2v) is 5.97. The Kier molecular flexibility index (Phi) is 5.41. The van der Waals surface area contributed by atoms with E-state index in [9.17, 15) is 15.0 Å². The van der Waals surface area contributed by atoms with Gasteiger partial charge in [0.15, 0.2) is 0 Å². The molecular weight excluding hydrogens is 232 g/mol. The van der Waals surface area contributed by atoms with Gasteiger partial charge in [-0.05, 0) is 46.6 Å². The summed E-state index contributed by atoms with van der Waals surface area (Å²) in [5, 5.41) is 18.4. The third-order valence-electron chi connectivity index (χ3n) is 3.58. The molecule has 1 amide bonds. The van der Waals surface area contributed by atoms with Crippen molar-refractivity contribution in [3.8, 4) is 0 Å². The summed E-state index contributed by atoms with van der Waals surface area (Å²) >= 11 is 0. The summed E-state index contributed by atoms with van der Waals surface area (Å²) < 4.78 is 0. The molecule has 0 radical (unpaired) electrons. The summed E-state index contributed by atoms with van der Waals surface area (Å²) in [6.07, 6.45) is 2.15. The first kappa shape index (κ1) is 15.2. The fourth-order valence-electron chi connectivity index (χ4n) is 2.55. The van der Waals surface area contributed by atoms with Gasteiger partial charge in [-0.2, -0.15) is 0 Å². The predicted molar refractivity (Wildman–Crippen MR) is 70.8 cm³/mol. The highest BCUT2D eigenvalue weighted by molar-refractivity contribution is 5.65. The first-order valence-corrected chi connectivity index (χ1v) is 6.71. The zero-order chi connectivity index (χ0) is 13.8.